The first-order chi connectivity index (χ1) is 12.7. The normalized spacial score (nSPS) is 12.2. The first-order valence-corrected chi connectivity index (χ1v) is 8.94. The number of rotatable bonds is 7. The summed E-state index contributed by atoms with van der Waals surface area (Å²) in [6.07, 6.45) is 4.28. The molecule has 0 aliphatic carbocycles. The molecule has 0 saturated heterocycles. The van der Waals surface area contributed by atoms with Crippen molar-refractivity contribution in [1.29, 1.82) is 0 Å². The van der Waals surface area contributed by atoms with Gasteiger partial charge in [0.15, 0.2) is 0 Å². The van der Waals surface area contributed by atoms with Crippen molar-refractivity contribution in [2.24, 2.45) is 0 Å². The van der Waals surface area contributed by atoms with Crippen molar-refractivity contribution in [2.75, 3.05) is 7.11 Å². The molecule has 2 nitrogen and oxygen atoms in total. The standard InChI is InChI=1S/C24H25NO/c1-19(23-9-6-10-24(17-23)26-2)25-18-22-15-13-21(14-16-22)12-11-20-7-4-3-5-8-20/h3-17,19,25H,18H2,1-2H3/b12-11+/t19-/m0/s1. The Hall–Kier alpha value is -2.84. The second kappa shape index (κ2) is 9.02. The smallest absolute Gasteiger partial charge is 0.119 e. The third kappa shape index (κ3) is 5.08. The van der Waals surface area contributed by atoms with Gasteiger partial charge in [0.2, 0.25) is 0 Å². The lowest BCUT2D eigenvalue weighted by atomic mass is 10.1. The highest BCUT2D eigenvalue weighted by molar-refractivity contribution is 5.69. The molecule has 3 aromatic rings. The van der Waals surface area contributed by atoms with Crippen molar-refractivity contribution < 1.29 is 4.74 Å². The van der Waals surface area contributed by atoms with Crippen LogP contribution in [-0.2, 0) is 6.54 Å². The molecule has 0 heterocycles. The molecule has 0 aliphatic heterocycles. The molecule has 0 aliphatic rings. The minimum atomic E-state index is 0.266. The molecule has 0 radical (unpaired) electrons. The summed E-state index contributed by atoms with van der Waals surface area (Å²) < 4.78 is 5.30. The van der Waals surface area contributed by atoms with E-state index in [0.717, 1.165) is 12.3 Å². The van der Waals surface area contributed by atoms with Gasteiger partial charge in [0, 0.05) is 12.6 Å². The van der Waals surface area contributed by atoms with Gasteiger partial charge in [-0.15, -0.1) is 0 Å². The number of methoxy groups -OCH3 is 1. The van der Waals surface area contributed by atoms with Gasteiger partial charge in [0.05, 0.1) is 7.11 Å². The molecule has 1 atom stereocenters. The Bertz CT molecular complexity index is 838. The summed E-state index contributed by atoms with van der Waals surface area (Å²) >= 11 is 0. The fourth-order valence-electron chi connectivity index (χ4n) is 2.80. The zero-order valence-electron chi connectivity index (χ0n) is 15.4. The van der Waals surface area contributed by atoms with Crippen molar-refractivity contribution in [2.45, 2.75) is 19.5 Å². The third-order valence-electron chi connectivity index (χ3n) is 4.45. The molecular weight excluding hydrogens is 318 g/mol. The largest absolute Gasteiger partial charge is 0.497 e. The second-order valence-electron chi connectivity index (χ2n) is 6.36. The van der Waals surface area contributed by atoms with Crippen LogP contribution in [0.2, 0.25) is 0 Å². The number of hydrogen-bond acceptors (Lipinski definition) is 2. The number of nitrogens with one attached hydrogen (secondary N) is 1. The Morgan fingerprint density at radius 1 is 0.846 bits per heavy atom. The highest BCUT2D eigenvalue weighted by Gasteiger charge is 2.06. The van der Waals surface area contributed by atoms with Crippen molar-refractivity contribution in [3.63, 3.8) is 0 Å². The van der Waals surface area contributed by atoms with Crippen molar-refractivity contribution in [3.8, 4) is 5.75 Å². The molecule has 0 aromatic heterocycles. The molecule has 26 heavy (non-hydrogen) atoms. The van der Waals surface area contributed by atoms with Crippen molar-refractivity contribution in [1.82, 2.24) is 5.32 Å². The Labute approximate surface area is 156 Å². The molecule has 3 aromatic carbocycles. The van der Waals surface area contributed by atoms with Gasteiger partial charge < -0.3 is 10.1 Å². The maximum Gasteiger partial charge on any atom is 0.119 e. The lowest BCUT2D eigenvalue weighted by Crippen LogP contribution is -2.18. The molecule has 2 heteroatoms. The van der Waals surface area contributed by atoms with Gasteiger partial charge in [-0.25, -0.2) is 0 Å². The predicted molar refractivity (Wildman–Crippen MR) is 110 cm³/mol. The van der Waals surface area contributed by atoms with E-state index in [1.54, 1.807) is 7.11 Å². The van der Waals surface area contributed by atoms with Crippen LogP contribution in [-0.4, -0.2) is 7.11 Å². The molecular formula is C24H25NO. The molecule has 0 saturated carbocycles. The van der Waals surface area contributed by atoms with Crippen LogP contribution < -0.4 is 10.1 Å². The zero-order valence-corrected chi connectivity index (χ0v) is 15.4. The minimum absolute atomic E-state index is 0.266. The summed E-state index contributed by atoms with van der Waals surface area (Å²) in [6.45, 7) is 3.01. The van der Waals surface area contributed by atoms with Crippen LogP contribution in [0.4, 0.5) is 0 Å². The van der Waals surface area contributed by atoms with E-state index in [0.29, 0.717) is 0 Å². The maximum absolute atomic E-state index is 5.30. The average molecular weight is 343 g/mol. The summed E-state index contributed by atoms with van der Waals surface area (Å²) in [5.74, 6) is 0.894. The van der Waals surface area contributed by atoms with E-state index in [-0.39, 0.29) is 6.04 Å². The van der Waals surface area contributed by atoms with Crippen molar-refractivity contribution >= 4 is 12.2 Å². The van der Waals surface area contributed by atoms with Crippen LogP contribution in [0.25, 0.3) is 12.2 Å². The van der Waals surface area contributed by atoms with Crippen molar-refractivity contribution in [3.05, 3.63) is 101 Å². The fraction of sp³-hybridized carbons (Fsp3) is 0.167. The highest BCUT2D eigenvalue weighted by atomic mass is 16.5. The summed E-state index contributed by atoms with van der Waals surface area (Å²) in [4.78, 5) is 0. The Balaban J connectivity index is 1.56. The van der Waals surface area contributed by atoms with Gasteiger partial charge in [-0.2, -0.15) is 0 Å². The molecule has 0 spiro atoms. The van der Waals surface area contributed by atoms with Crippen LogP contribution in [0, 0.1) is 0 Å². The monoisotopic (exact) mass is 343 g/mol. The topological polar surface area (TPSA) is 21.3 Å². The second-order valence-corrected chi connectivity index (χ2v) is 6.36. The third-order valence-corrected chi connectivity index (χ3v) is 4.45. The van der Waals surface area contributed by atoms with Gasteiger partial charge in [-0.05, 0) is 41.3 Å². The van der Waals surface area contributed by atoms with E-state index in [4.69, 9.17) is 4.74 Å². The lowest BCUT2D eigenvalue weighted by molar-refractivity contribution is 0.413. The zero-order chi connectivity index (χ0) is 18.2. The van der Waals surface area contributed by atoms with E-state index in [9.17, 15) is 0 Å². The molecule has 0 amide bonds. The van der Waals surface area contributed by atoms with Crippen LogP contribution in [0.1, 0.15) is 35.2 Å². The summed E-state index contributed by atoms with van der Waals surface area (Å²) in [5, 5.41) is 3.57. The molecule has 3 rings (SSSR count). The summed E-state index contributed by atoms with van der Waals surface area (Å²) in [6, 6.07) is 27.5. The summed E-state index contributed by atoms with van der Waals surface area (Å²) in [5.41, 5.74) is 4.92. The first-order valence-electron chi connectivity index (χ1n) is 8.94. The number of benzene rings is 3. The first kappa shape index (κ1) is 18.0. The van der Waals surface area contributed by atoms with E-state index < -0.39 is 0 Å². The Morgan fingerprint density at radius 3 is 2.23 bits per heavy atom. The van der Waals surface area contributed by atoms with Gasteiger partial charge in [-0.1, -0.05) is 78.9 Å². The van der Waals surface area contributed by atoms with E-state index in [1.165, 1.54) is 22.3 Å². The van der Waals surface area contributed by atoms with E-state index in [1.807, 2.05) is 18.2 Å². The Kier molecular flexibility index (Phi) is 6.24. The minimum Gasteiger partial charge on any atom is -0.497 e. The van der Waals surface area contributed by atoms with Crippen LogP contribution in [0.15, 0.2) is 78.9 Å². The van der Waals surface area contributed by atoms with Gasteiger partial charge in [0.25, 0.3) is 0 Å². The predicted octanol–water partition coefficient (Wildman–Crippen LogP) is 5.72. The Morgan fingerprint density at radius 2 is 1.54 bits per heavy atom. The van der Waals surface area contributed by atoms with E-state index in [2.05, 4.69) is 85.1 Å². The average Bonchev–Trinajstić information content (AvgIpc) is 2.72. The molecule has 0 fully saturated rings. The van der Waals surface area contributed by atoms with Crippen LogP contribution in [0.5, 0.6) is 5.75 Å². The van der Waals surface area contributed by atoms with Crippen LogP contribution >= 0.6 is 0 Å². The molecule has 132 valence electrons. The lowest BCUT2D eigenvalue weighted by Gasteiger charge is -2.15. The quantitative estimate of drug-likeness (QED) is 0.554. The van der Waals surface area contributed by atoms with Gasteiger partial charge >= 0.3 is 0 Å². The maximum atomic E-state index is 5.30. The highest BCUT2D eigenvalue weighted by Crippen LogP contribution is 2.19. The van der Waals surface area contributed by atoms with E-state index >= 15 is 0 Å². The molecule has 0 unspecified atom stereocenters. The van der Waals surface area contributed by atoms with Crippen LogP contribution in [0.3, 0.4) is 0 Å². The fourth-order valence-corrected chi connectivity index (χ4v) is 2.80. The summed E-state index contributed by atoms with van der Waals surface area (Å²) in [7, 11) is 1.70. The molecule has 0 bridgehead atoms. The van der Waals surface area contributed by atoms with Gasteiger partial charge in [0.1, 0.15) is 5.75 Å². The van der Waals surface area contributed by atoms with Gasteiger partial charge in [-0.3, -0.25) is 0 Å². The number of ether oxygens (including phenoxy) is 1. The number of hydrogen-bond donors (Lipinski definition) is 1. The SMILES string of the molecule is COc1cccc([C@H](C)NCc2ccc(/C=C/c3ccccc3)cc2)c1. The molecule has 1 N–H and O–H groups in total.